The topological polar surface area (TPSA) is 66.7 Å². The summed E-state index contributed by atoms with van der Waals surface area (Å²) in [5, 5.41) is 1.10. The van der Waals surface area contributed by atoms with Gasteiger partial charge in [0.25, 0.3) is 5.91 Å². The highest BCUT2D eigenvalue weighted by Crippen LogP contribution is 2.38. The van der Waals surface area contributed by atoms with Gasteiger partial charge in [-0.15, -0.1) is 0 Å². The molecule has 1 unspecified atom stereocenters. The summed E-state index contributed by atoms with van der Waals surface area (Å²) in [6.07, 6.45) is 3.21. The number of hydrogen-bond donors (Lipinski definition) is 0. The van der Waals surface area contributed by atoms with E-state index in [4.69, 9.17) is 9.72 Å². The lowest BCUT2D eigenvalue weighted by atomic mass is 9.96. The molecule has 2 fully saturated rings. The molecule has 2 aliphatic rings. The summed E-state index contributed by atoms with van der Waals surface area (Å²) in [5.41, 5.74) is 7.42. The number of amides is 1. The molecule has 2 aliphatic heterocycles. The summed E-state index contributed by atoms with van der Waals surface area (Å²) in [7, 11) is 3.73. The molecule has 0 radical (unpaired) electrons. The van der Waals surface area contributed by atoms with Gasteiger partial charge in [-0.3, -0.25) is 9.78 Å². The minimum Gasteiger partial charge on any atom is -0.493 e. The van der Waals surface area contributed by atoms with E-state index in [0.29, 0.717) is 55.1 Å². The molecular weight excluding hydrogens is 567 g/mol. The van der Waals surface area contributed by atoms with E-state index in [-0.39, 0.29) is 5.91 Å². The number of nitrogens with zero attached hydrogens (tertiary/aromatic N) is 6. The van der Waals surface area contributed by atoms with Crippen molar-refractivity contribution >= 4 is 22.6 Å². The summed E-state index contributed by atoms with van der Waals surface area (Å²) in [4.78, 5) is 29.8. The smallest absolute Gasteiger partial charge is 0.254 e. The van der Waals surface area contributed by atoms with E-state index >= 15 is 0 Å². The van der Waals surface area contributed by atoms with E-state index in [1.165, 1.54) is 37.0 Å². The van der Waals surface area contributed by atoms with Crippen LogP contribution in [-0.4, -0.2) is 83.7 Å². The zero-order valence-corrected chi connectivity index (χ0v) is 27.4. The van der Waals surface area contributed by atoms with Gasteiger partial charge >= 0.3 is 0 Å². The molecule has 3 aromatic heterocycles. The highest BCUT2D eigenvalue weighted by molar-refractivity contribution is 6.04. The molecule has 0 spiro atoms. The van der Waals surface area contributed by atoms with Gasteiger partial charge in [-0.1, -0.05) is 26.8 Å². The first-order chi connectivity index (χ1) is 21.7. The molecular formula is C36H45FN6O2. The van der Waals surface area contributed by atoms with Gasteiger partial charge in [0.05, 0.1) is 18.8 Å². The van der Waals surface area contributed by atoms with Gasteiger partial charge in [0, 0.05) is 84.5 Å². The number of halogens is 1. The van der Waals surface area contributed by atoms with E-state index < -0.39 is 5.82 Å². The Labute approximate surface area is 265 Å². The van der Waals surface area contributed by atoms with E-state index in [1.54, 1.807) is 0 Å². The zero-order chi connectivity index (χ0) is 31.8. The number of rotatable bonds is 8. The van der Waals surface area contributed by atoms with Crippen molar-refractivity contribution in [2.24, 2.45) is 5.92 Å². The quantitative estimate of drug-likeness (QED) is 0.238. The van der Waals surface area contributed by atoms with Gasteiger partial charge in [-0.05, 0) is 69.5 Å². The fraction of sp³-hybridized carbons (Fsp3) is 0.472. The molecule has 0 saturated carbocycles. The Bertz CT molecular complexity index is 1710. The van der Waals surface area contributed by atoms with Gasteiger partial charge in [-0.2, -0.15) is 0 Å². The summed E-state index contributed by atoms with van der Waals surface area (Å²) in [6, 6.07) is 12.1. The average molecular weight is 613 g/mol. The Hall–Kier alpha value is -3.98. The second kappa shape index (κ2) is 12.8. The predicted octanol–water partition coefficient (Wildman–Crippen LogP) is 6.15. The van der Waals surface area contributed by atoms with Crippen molar-refractivity contribution in [1.82, 2.24) is 24.3 Å². The number of pyridine rings is 2. The number of aromatic nitrogens is 3. The lowest BCUT2D eigenvalue weighted by molar-refractivity contribution is 0.0746. The van der Waals surface area contributed by atoms with Crippen LogP contribution in [0.15, 0.2) is 42.6 Å². The van der Waals surface area contributed by atoms with Crippen molar-refractivity contribution in [1.29, 1.82) is 0 Å². The molecule has 0 N–H and O–H groups in total. The van der Waals surface area contributed by atoms with Crippen LogP contribution in [0.1, 0.15) is 60.5 Å². The van der Waals surface area contributed by atoms with Crippen LogP contribution in [-0.2, 0) is 13.0 Å². The lowest BCUT2D eigenvalue weighted by Gasteiger charge is -2.36. The first kappa shape index (κ1) is 31.0. The van der Waals surface area contributed by atoms with Crippen molar-refractivity contribution in [2.75, 3.05) is 58.3 Å². The van der Waals surface area contributed by atoms with E-state index in [1.807, 2.05) is 11.8 Å². The molecule has 0 aliphatic carbocycles. The first-order valence-electron chi connectivity index (χ1n) is 16.2. The maximum Gasteiger partial charge on any atom is 0.254 e. The molecule has 4 aromatic rings. The maximum absolute atomic E-state index is 14.2. The molecule has 2 saturated heterocycles. The number of carbonyl (C=O) groups excluding carboxylic acids is 1. The standard InChI is InChI=1S/C36H45FN6O2/c1-7-31-29(9-8-24(4)39-31)30-17-27(16-26-18-32(23(2)3)43(34(26)30)22-25-10-11-40(5)21-25)36(44)42-14-12-41(13-15-42)35-33(45-6)19-28(37)20-38-35/h8-9,16-20,23,25H,7,10-15,21-22H2,1-6H3. The van der Waals surface area contributed by atoms with Gasteiger partial charge in [0.2, 0.25) is 0 Å². The Morgan fingerprint density at radius 3 is 2.51 bits per heavy atom. The predicted molar refractivity (Wildman–Crippen MR) is 178 cm³/mol. The molecule has 9 heteroatoms. The Balaban J connectivity index is 1.39. The Morgan fingerprint density at radius 2 is 1.84 bits per heavy atom. The van der Waals surface area contributed by atoms with Crippen LogP contribution >= 0.6 is 0 Å². The fourth-order valence-electron chi connectivity index (χ4n) is 7.10. The summed E-state index contributed by atoms with van der Waals surface area (Å²) >= 11 is 0. The van der Waals surface area contributed by atoms with E-state index in [2.05, 4.69) is 77.5 Å². The van der Waals surface area contributed by atoms with Crippen LogP contribution in [0.4, 0.5) is 10.2 Å². The van der Waals surface area contributed by atoms with Gasteiger partial charge in [0.1, 0.15) is 5.82 Å². The number of fused-ring (bicyclic) bond motifs is 1. The second-order valence-corrected chi connectivity index (χ2v) is 13.0. The van der Waals surface area contributed by atoms with Gasteiger partial charge in [0.15, 0.2) is 11.6 Å². The second-order valence-electron chi connectivity index (χ2n) is 13.0. The van der Waals surface area contributed by atoms with E-state index in [0.717, 1.165) is 54.0 Å². The number of carbonyl (C=O) groups is 1. The highest BCUT2D eigenvalue weighted by atomic mass is 19.1. The fourth-order valence-corrected chi connectivity index (χ4v) is 7.10. The van der Waals surface area contributed by atoms with Crippen LogP contribution in [0.2, 0.25) is 0 Å². The third kappa shape index (κ3) is 6.15. The van der Waals surface area contributed by atoms with E-state index in [9.17, 15) is 9.18 Å². The number of aryl methyl sites for hydroxylation is 2. The first-order valence-corrected chi connectivity index (χ1v) is 16.2. The Morgan fingerprint density at radius 1 is 1.07 bits per heavy atom. The third-order valence-corrected chi connectivity index (χ3v) is 9.42. The normalized spacial score (nSPS) is 17.6. The number of methoxy groups -OCH3 is 1. The lowest BCUT2D eigenvalue weighted by Crippen LogP contribution is -2.49. The SMILES string of the molecule is CCc1nc(C)ccc1-c1cc(C(=O)N2CCN(c3ncc(F)cc3OC)CC2)cc2cc(C(C)C)n(CC3CCN(C)C3)c12. The summed E-state index contributed by atoms with van der Waals surface area (Å²) < 4.78 is 21.7. The molecule has 8 nitrogen and oxygen atoms in total. The molecule has 0 bridgehead atoms. The van der Waals surface area contributed by atoms with Crippen molar-refractivity contribution < 1.29 is 13.9 Å². The van der Waals surface area contributed by atoms with Crippen molar-refractivity contribution in [2.45, 2.75) is 53.0 Å². The van der Waals surface area contributed by atoms with Crippen LogP contribution in [0.3, 0.4) is 0 Å². The van der Waals surface area contributed by atoms with Crippen LogP contribution in [0.5, 0.6) is 5.75 Å². The molecule has 1 aromatic carbocycles. The van der Waals surface area contributed by atoms with Crippen LogP contribution in [0.25, 0.3) is 22.0 Å². The van der Waals surface area contributed by atoms with Crippen LogP contribution in [0, 0.1) is 18.7 Å². The molecule has 238 valence electrons. The largest absolute Gasteiger partial charge is 0.493 e. The van der Waals surface area contributed by atoms with Crippen molar-refractivity contribution in [3.05, 3.63) is 71.1 Å². The monoisotopic (exact) mass is 612 g/mol. The van der Waals surface area contributed by atoms with Crippen molar-refractivity contribution in [3.63, 3.8) is 0 Å². The number of ether oxygens (including phenoxy) is 1. The summed E-state index contributed by atoms with van der Waals surface area (Å²) in [6.45, 7) is 14.1. The molecule has 1 amide bonds. The van der Waals surface area contributed by atoms with Gasteiger partial charge < -0.3 is 24.0 Å². The minimum absolute atomic E-state index is 0.0196. The highest BCUT2D eigenvalue weighted by Gasteiger charge is 2.28. The molecule has 45 heavy (non-hydrogen) atoms. The maximum atomic E-state index is 14.2. The molecule has 6 rings (SSSR count). The molecule has 1 atom stereocenters. The van der Waals surface area contributed by atoms with Gasteiger partial charge in [-0.25, -0.2) is 9.37 Å². The number of anilines is 1. The Kier molecular flexibility index (Phi) is 8.82. The minimum atomic E-state index is -0.435. The molecule has 5 heterocycles. The number of hydrogen-bond acceptors (Lipinski definition) is 6. The number of likely N-dealkylation sites (tertiary alicyclic amines) is 1. The average Bonchev–Trinajstić information content (AvgIpc) is 3.63. The number of benzene rings is 1. The zero-order valence-electron chi connectivity index (χ0n) is 27.4. The summed E-state index contributed by atoms with van der Waals surface area (Å²) in [5.74, 6) is 1.52. The van der Waals surface area contributed by atoms with Crippen molar-refractivity contribution in [3.8, 4) is 16.9 Å². The van der Waals surface area contributed by atoms with Crippen LogP contribution < -0.4 is 9.64 Å². The number of piperazine rings is 1. The third-order valence-electron chi connectivity index (χ3n) is 9.42.